The van der Waals surface area contributed by atoms with Crippen LogP contribution in [0.5, 0.6) is 5.75 Å². The molecule has 4 rings (SSSR count). The van der Waals surface area contributed by atoms with Crippen molar-refractivity contribution in [3.05, 3.63) is 53.6 Å². The van der Waals surface area contributed by atoms with Crippen LogP contribution in [-0.2, 0) is 15.7 Å². The SMILES string of the molecule is N#Cc1ccc(N2C[C@@H](COc3ccc(N4CCOC4=O)cc3)O[C@@H]2C(F)(F)F)cc1C(F)(F)F. The lowest BCUT2D eigenvalue weighted by Crippen LogP contribution is -2.42. The molecule has 186 valence electrons. The van der Waals surface area contributed by atoms with Gasteiger partial charge in [-0.2, -0.15) is 31.6 Å². The number of carbonyl (C=O) groups excluding carboxylic acids is 1. The van der Waals surface area contributed by atoms with E-state index in [4.69, 9.17) is 19.5 Å². The predicted molar refractivity (Wildman–Crippen MR) is 109 cm³/mol. The molecule has 0 spiro atoms. The second-order valence-corrected chi connectivity index (χ2v) is 7.71. The van der Waals surface area contributed by atoms with E-state index in [1.807, 2.05) is 0 Å². The molecule has 0 bridgehead atoms. The third-order valence-electron chi connectivity index (χ3n) is 5.39. The molecule has 2 atom stereocenters. The van der Waals surface area contributed by atoms with Crippen molar-refractivity contribution in [2.45, 2.75) is 24.7 Å². The van der Waals surface area contributed by atoms with Crippen LogP contribution in [0.3, 0.4) is 0 Å². The van der Waals surface area contributed by atoms with Crippen molar-refractivity contribution in [1.29, 1.82) is 5.26 Å². The van der Waals surface area contributed by atoms with Crippen molar-refractivity contribution in [2.75, 3.05) is 36.1 Å². The Morgan fingerprint density at radius 2 is 1.74 bits per heavy atom. The van der Waals surface area contributed by atoms with Gasteiger partial charge in [-0.3, -0.25) is 4.90 Å². The number of ether oxygens (including phenoxy) is 3. The third-order valence-corrected chi connectivity index (χ3v) is 5.39. The molecule has 1 amide bonds. The number of hydrogen-bond donors (Lipinski definition) is 0. The standard InChI is InChI=1S/C22H17F6N3O4/c23-21(24,25)18-9-15(2-1-13(18)10-29)31-11-17(35-19(31)22(26,27)28)12-34-16-5-3-14(4-6-16)30-7-8-33-20(30)32/h1-6,9,17,19H,7-8,11-12H2/t17-,19+/m0/s1. The molecule has 2 aliphatic rings. The fraction of sp³-hybridized carbons (Fsp3) is 0.364. The number of halogens is 6. The van der Waals surface area contributed by atoms with Crippen molar-refractivity contribution < 1.29 is 45.3 Å². The molecular formula is C22H17F6N3O4. The van der Waals surface area contributed by atoms with E-state index < -0.39 is 48.4 Å². The Morgan fingerprint density at radius 1 is 1.06 bits per heavy atom. The second kappa shape index (κ2) is 9.18. The highest BCUT2D eigenvalue weighted by atomic mass is 19.4. The minimum Gasteiger partial charge on any atom is -0.491 e. The molecule has 0 saturated carbocycles. The number of alkyl halides is 6. The summed E-state index contributed by atoms with van der Waals surface area (Å²) in [6, 6.07) is 9.94. The Kier molecular flexibility index (Phi) is 6.42. The van der Waals surface area contributed by atoms with Crippen molar-refractivity contribution in [2.24, 2.45) is 0 Å². The highest BCUT2D eigenvalue weighted by Crippen LogP contribution is 2.39. The first kappa shape index (κ1) is 24.5. The minimum atomic E-state index is -4.92. The maximum atomic E-state index is 13.6. The summed E-state index contributed by atoms with van der Waals surface area (Å²) in [5.41, 5.74) is -1.86. The van der Waals surface area contributed by atoms with Crippen LogP contribution < -0.4 is 14.5 Å². The van der Waals surface area contributed by atoms with Crippen LogP contribution >= 0.6 is 0 Å². The number of hydrogen-bond acceptors (Lipinski definition) is 6. The van der Waals surface area contributed by atoms with Gasteiger partial charge in [0.2, 0.25) is 6.23 Å². The summed E-state index contributed by atoms with van der Waals surface area (Å²) >= 11 is 0. The summed E-state index contributed by atoms with van der Waals surface area (Å²) in [5.74, 6) is 0.296. The summed E-state index contributed by atoms with van der Waals surface area (Å²) in [5, 5.41) is 8.92. The van der Waals surface area contributed by atoms with Crippen LogP contribution in [0.2, 0.25) is 0 Å². The molecule has 0 radical (unpaired) electrons. The first-order valence-electron chi connectivity index (χ1n) is 10.2. The lowest BCUT2D eigenvalue weighted by Gasteiger charge is -2.27. The number of amides is 1. The summed E-state index contributed by atoms with van der Waals surface area (Å²) in [6.45, 7) is -0.0621. The molecule has 2 saturated heterocycles. The Labute approximate surface area is 195 Å². The first-order chi connectivity index (χ1) is 16.5. The topological polar surface area (TPSA) is 75.0 Å². The number of nitrogens with zero attached hydrogens (tertiary/aromatic N) is 3. The Morgan fingerprint density at radius 3 is 2.31 bits per heavy atom. The van der Waals surface area contributed by atoms with Gasteiger partial charge in [-0.05, 0) is 42.5 Å². The van der Waals surface area contributed by atoms with Gasteiger partial charge in [-0.15, -0.1) is 0 Å². The average molecular weight is 501 g/mol. The van der Waals surface area contributed by atoms with Gasteiger partial charge in [0, 0.05) is 11.4 Å². The molecule has 7 nitrogen and oxygen atoms in total. The van der Waals surface area contributed by atoms with Crippen LogP contribution in [0.1, 0.15) is 11.1 Å². The van der Waals surface area contributed by atoms with Crippen LogP contribution in [0.25, 0.3) is 0 Å². The number of benzene rings is 2. The summed E-state index contributed by atoms with van der Waals surface area (Å²) in [7, 11) is 0. The van der Waals surface area contributed by atoms with Gasteiger partial charge in [-0.1, -0.05) is 0 Å². The molecule has 0 N–H and O–H groups in total. The van der Waals surface area contributed by atoms with Gasteiger partial charge in [-0.25, -0.2) is 4.79 Å². The molecule has 0 aromatic heterocycles. The number of nitriles is 1. The number of cyclic esters (lactones) is 1. The van der Waals surface area contributed by atoms with E-state index in [2.05, 4.69) is 0 Å². The molecule has 0 aliphatic carbocycles. The van der Waals surface area contributed by atoms with Gasteiger partial charge in [0.15, 0.2) is 0 Å². The van der Waals surface area contributed by atoms with E-state index >= 15 is 0 Å². The van der Waals surface area contributed by atoms with Gasteiger partial charge >= 0.3 is 18.4 Å². The Hall–Kier alpha value is -3.66. The quantitative estimate of drug-likeness (QED) is 0.553. The van der Waals surface area contributed by atoms with Crippen LogP contribution in [0.15, 0.2) is 42.5 Å². The molecular weight excluding hydrogens is 484 g/mol. The van der Waals surface area contributed by atoms with E-state index in [0.29, 0.717) is 28.9 Å². The zero-order valence-corrected chi connectivity index (χ0v) is 17.8. The van der Waals surface area contributed by atoms with E-state index in [1.54, 1.807) is 12.1 Å². The summed E-state index contributed by atoms with van der Waals surface area (Å²) < 4.78 is 96.2. The van der Waals surface area contributed by atoms with E-state index in [0.717, 1.165) is 12.1 Å². The smallest absolute Gasteiger partial charge is 0.433 e. The number of rotatable bonds is 5. The Balaban J connectivity index is 1.48. The largest absolute Gasteiger partial charge is 0.491 e. The van der Waals surface area contributed by atoms with Crippen molar-refractivity contribution in [3.8, 4) is 11.8 Å². The molecule has 2 fully saturated rings. The highest BCUT2D eigenvalue weighted by Gasteiger charge is 2.51. The van der Waals surface area contributed by atoms with Crippen molar-refractivity contribution in [1.82, 2.24) is 0 Å². The highest BCUT2D eigenvalue weighted by molar-refractivity contribution is 5.89. The number of carbonyl (C=O) groups is 1. The van der Waals surface area contributed by atoms with E-state index in [9.17, 15) is 31.1 Å². The second-order valence-electron chi connectivity index (χ2n) is 7.71. The molecule has 2 aromatic carbocycles. The fourth-order valence-electron chi connectivity index (χ4n) is 3.78. The minimum absolute atomic E-state index is 0.261. The molecule has 13 heteroatoms. The van der Waals surface area contributed by atoms with E-state index in [1.165, 1.54) is 23.1 Å². The third kappa shape index (κ3) is 5.22. The monoisotopic (exact) mass is 501 g/mol. The van der Waals surface area contributed by atoms with Crippen LogP contribution in [0, 0.1) is 11.3 Å². The van der Waals surface area contributed by atoms with Gasteiger partial charge < -0.3 is 19.1 Å². The van der Waals surface area contributed by atoms with Gasteiger partial charge in [0.05, 0.1) is 30.3 Å². The maximum absolute atomic E-state index is 13.6. The Bertz CT molecular complexity index is 1130. The lowest BCUT2D eigenvalue weighted by molar-refractivity contribution is -0.215. The number of anilines is 2. The average Bonchev–Trinajstić information content (AvgIpc) is 3.43. The van der Waals surface area contributed by atoms with Crippen molar-refractivity contribution in [3.63, 3.8) is 0 Å². The van der Waals surface area contributed by atoms with Crippen LogP contribution in [-0.4, -0.2) is 50.9 Å². The first-order valence-corrected chi connectivity index (χ1v) is 10.2. The lowest BCUT2D eigenvalue weighted by atomic mass is 10.1. The zero-order valence-electron chi connectivity index (χ0n) is 17.8. The molecule has 0 unspecified atom stereocenters. The predicted octanol–water partition coefficient (Wildman–Crippen LogP) is 4.71. The summed E-state index contributed by atoms with van der Waals surface area (Å²) in [6.07, 6.45) is -13.9. The van der Waals surface area contributed by atoms with Gasteiger partial charge in [0.1, 0.15) is 25.1 Å². The molecule has 35 heavy (non-hydrogen) atoms. The fourth-order valence-corrected chi connectivity index (χ4v) is 3.78. The van der Waals surface area contributed by atoms with Crippen molar-refractivity contribution >= 4 is 17.5 Å². The molecule has 2 heterocycles. The van der Waals surface area contributed by atoms with E-state index in [-0.39, 0.29) is 18.9 Å². The maximum Gasteiger partial charge on any atom is 0.433 e. The van der Waals surface area contributed by atoms with Crippen LogP contribution in [0.4, 0.5) is 42.5 Å². The summed E-state index contributed by atoms with van der Waals surface area (Å²) in [4.78, 5) is 13.7. The van der Waals surface area contributed by atoms with Gasteiger partial charge in [0.25, 0.3) is 0 Å². The molecule has 2 aromatic rings. The normalized spacial score (nSPS) is 20.7. The zero-order chi connectivity index (χ0) is 25.4. The molecule has 2 aliphatic heterocycles.